The highest BCUT2D eigenvalue weighted by molar-refractivity contribution is 9.10. The van der Waals surface area contributed by atoms with Gasteiger partial charge in [-0.3, -0.25) is 0 Å². The van der Waals surface area contributed by atoms with Crippen molar-refractivity contribution in [1.29, 1.82) is 5.26 Å². The molecule has 0 unspecified atom stereocenters. The van der Waals surface area contributed by atoms with Gasteiger partial charge in [0.2, 0.25) is 5.95 Å². The summed E-state index contributed by atoms with van der Waals surface area (Å²) in [5.74, 6) is 1.16. The van der Waals surface area contributed by atoms with Gasteiger partial charge in [-0.2, -0.15) is 15.2 Å². The molecule has 3 N–H and O–H groups in total. The Morgan fingerprint density at radius 2 is 1.81 bits per heavy atom. The molecule has 2 aromatic heterocycles. The normalized spacial score (nSPS) is 17.6. The summed E-state index contributed by atoms with van der Waals surface area (Å²) in [7, 11) is 0. The number of hydrogen-bond acceptors (Lipinski definition) is 7. The minimum atomic E-state index is 0.203. The Balaban J connectivity index is 1.32. The van der Waals surface area contributed by atoms with E-state index < -0.39 is 0 Å². The first-order valence-electron chi connectivity index (χ1n) is 12.7. The molecule has 2 aromatic carbocycles. The molecule has 1 aliphatic carbocycles. The fraction of sp³-hybridized carbons (Fsp3) is 0.357. The molecule has 0 amide bonds. The Kier molecular flexibility index (Phi) is 7.68. The number of anilines is 3. The van der Waals surface area contributed by atoms with Crippen molar-refractivity contribution in [2.45, 2.75) is 64.2 Å². The van der Waals surface area contributed by atoms with Crippen molar-refractivity contribution in [3.8, 4) is 6.07 Å². The number of imidazole rings is 1. The van der Waals surface area contributed by atoms with Crippen molar-refractivity contribution >= 4 is 44.5 Å². The highest BCUT2D eigenvalue weighted by atomic mass is 79.9. The standard InChI is InChI=1S/C28H31BrN8/c1-18(2)37-17-32-25-26(34-24-13-8-21(29)14-20(24)15-30)35-28(36-27(25)37)33-23-11-9-22(10-12-23)31-16-19-6-4-3-5-7-19/h3-8,13-14,17-18,22-23,31H,9-12,16H2,1-2H3,(H2,33,34,35,36). The van der Waals surface area contributed by atoms with Crippen LogP contribution in [0.3, 0.4) is 0 Å². The minimum absolute atomic E-state index is 0.203. The summed E-state index contributed by atoms with van der Waals surface area (Å²) in [5.41, 5.74) is 3.97. The molecule has 37 heavy (non-hydrogen) atoms. The fourth-order valence-corrected chi connectivity index (χ4v) is 5.14. The molecular formula is C28H31BrN8. The first-order chi connectivity index (χ1) is 18.0. The molecule has 8 nitrogen and oxygen atoms in total. The number of nitrogens with one attached hydrogen (secondary N) is 3. The largest absolute Gasteiger partial charge is 0.351 e. The fourth-order valence-electron chi connectivity index (χ4n) is 4.77. The van der Waals surface area contributed by atoms with E-state index in [-0.39, 0.29) is 6.04 Å². The highest BCUT2D eigenvalue weighted by Gasteiger charge is 2.23. The summed E-state index contributed by atoms with van der Waals surface area (Å²) >= 11 is 3.44. The van der Waals surface area contributed by atoms with Gasteiger partial charge in [-0.05, 0) is 63.3 Å². The van der Waals surface area contributed by atoms with Crippen LogP contribution in [0.25, 0.3) is 11.2 Å². The van der Waals surface area contributed by atoms with Crippen LogP contribution < -0.4 is 16.0 Å². The van der Waals surface area contributed by atoms with Crippen LogP contribution in [-0.2, 0) is 6.54 Å². The smallest absolute Gasteiger partial charge is 0.227 e. The van der Waals surface area contributed by atoms with Gasteiger partial charge in [-0.15, -0.1) is 0 Å². The third kappa shape index (κ3) is 5.92. The second kappa shape index (κ2) is 11.3. The lowest BCUT2D eigenvalue weighted by Crippen LogP contribution is -2.36. The number of rotatable bonds is 8. The molecule has 4 aromatic rings. The van der Waals surface area contributed by atoms with Crippen molar-refractivity contribution in [3.63, 3.8) is 0 Å². The van der Waals surface area contributed by atoms with Gasteiger partial charge >= 0.3 is 0 Å². The molecule has 1 aliphatic rings. The molecule has 190 valence electrons. The second-order valence-electron chi connectivity index (χ2n) is 9.80. The summed E-state index contributed by atoms with van der Waals surface area (Å²) in [6, 6.07) is 19.4. The first kappa shape index (κ1) is 25.2. The summed E-state index contributed by atoms with van der Waals surface area (Å²) in [6.45, 7) is 5.11. The Morgan fingerprint density at radius 3 is 2.54 bits per heavy atom. The number of hydrogen-bond donors (Lipinski definition) is 3. The van der Waals surface area contributed by atoms with Gasteiger partial charge < -0.3 is 20.5 Å². The van der Waals surface area contributed by atoms with Crippen LogP contribution in [0.5, 0.6) is 0 Å². The van der Waals surface area contributed by atoms with E-state index in [1.165, 1.54) is 5.56 Å². The number of benzene rings is 2. The molecule has 2 heterocycles. The third-order valence-electron chi connectivity index (χ3n) is 6.83. The Labute approximate surface area is 225 Å². The maximum atomic E-state index is 9.63. The maximum Gasteiger partial charge on any atom is 0.227 e. The van der Waals surface area contributed by atoms with E-state index in [1.54, 1.807) is 12.4 Å². The van der Waals surface area contributed by atoms with Gasteiger partial charge in [0.1, 0.15) is 6.07 Å². The van der Waals surface area contributed by atoms with Gasteiger partial charge in [0, 0.05) is 29.1 Å². The number of nitrogens with zero attached hydrogens (tertiary/aromatic N) is 5. The van der Waals surface area contributed by atoms with E-state index >= 15 is 0 Å². The van der Waals surface area contributed by atoms with Gasteiger partial charge in [0.25, 0.3) is 0 Å². The average molecular weight is 560 g/mol. The Morgan fingerprint density at radius 1 is 1.05 bits per heavy atom. The molecule has 1 saturated carbocycles. The predicted octanol–water partition coefficient (Wildman–Crippen LogP) is 6.30. The molecule has 0 spiro atoms. The van der Waals surface area contributed by atoms with Gasteiger partial charge in [-0.1, -0.05) is 46.3 Å². The van der Waals surface area contributed by atoms with E-state index in [1.807, 2.05) is 16.7 Å². The molecule has 0 aliphatic heterocycles. The minimum Gasteiger partial charge on any atom is -0.351 e. The van der Waals surface area contributed by atoms with Gasteiger partial charge in [0.05, 0.1) is 17.6 Å². The third-order valence-corrected chi connectivity index (χ3v) is 7.32. The maximum absolute atomic E-state index is 9.63. The zero-order chi connectivity index (χ0) is 25.8. The quantitative estimate of drug-likeness (QED) is 0.233. The van der Waals surface area contributed by atoms with E-state index in [0.29, 0.717) is 40.6 Å². The van der Waals surface area contributed by atoms with Crippen molar-refractivity contribution < 1.29 is 0 Å². The van der Waals surface area contributed by atoms with Crippen LogP contribution in [-0.4, -0.2) is 31.6 Å². The molecule has 5 rings (SSSR count). The zero-order valence-electron chi connectivity index (χ0n) is 21.1. The number of nitriles is 1. The van der Waals surface area contributed by atoms with Crippen LogP contribution >= 0.6 is 15.9 Å². The topological polar surface area (TPSA) is 103 Å². The molecular weight excluding hydrogens is 528 g/mol. The lowest BCUT2D eigenvalue weighted by Gasteiger charge is -2.30. The number of aromatic nitrogens is 4. The summed E-state index contributed by atoms with van der Waals surface area (Å²) in [5, 5.41) is 20.3. The Hall–Kier alpha value is -3.48. The SMILES string of the molecule is CC(C)n1cnc2c(Nc3ccc(Br)cc3C#N)nc(NC3CCC(NCc4ccccc4)CC3)nc21. The van der Waals surface area contributed by atoms with Crippen molar-refractivity contribution in [2.24, 2.45) is 0 Å². The molecule has 0 saturated heterocycles. The van der Waals surface area contributed by atoms with Crippen LogP contribution in [0.2, 0.25) is 0 Å². The lowest BCUT2D eigenvalue weighted by atomic mass is 9.91. The van der Waals surface area contributed by atoms with Gasteiger partial charge in [0.15, 0.2) is 17.0 Å². The predicted molar refractivity (Wildman–Crippen MR) is 151 cm³/mol. The molecule has 9 heteroatoms. The second-order valence-corrected chi connectivity index (χ2v) is 10.7. The van der Waals surface area contributed by atoms with Crippen LogP contribution in [0, 0.1) is 11.3 Å². The molecule has 0 radical (unpaired) electrons. The highest BCUT2D eigenvalue weighted by Crippen LogP contribution is 2.30. The van der Waals surface area contributed by atoms with Crippen LogP contribution in [0.15, 0.2) is 59.3 Å². The van der Waals surface area contributed by atoms with E-state index in [2.05, 4.69) is 87.1 Å². The Bertz CT molecular complexity index is 1400. The molecule has 1 fully saturated rings. The summed E-state index contributed by atoms with van der Waals surface area (Å²) < 4.78 is 2.90. The van der Waals surface area contributed by atoms with Crippen molar-refractivity contribution in [1.82, 2.24) is 24.8 Å². The molecule has 0 bridgehead atoms. The van der Waals surface area contributed by atoms with Gasteiger partial charge in [-0.25, -0.2) is 4.98 Å². The molecule has 0 atom stereocenters. The lowest BCUT2D eigenvalue weighted by molar-refractivity contribution is 0.352. The first-order valence-corrected chi connectivity index (χ1v) is 13.5. The monoisotopic (exact) mass is 558 g/mol. The van der Waals surface area contributed by atoms with E-state index in [9.17, 15) is 5.26 Å². The number of fused-ring (bicyclic) bond motifs is 1. The van der Waals surface area contributed by atoms with Crippen LogP contribution in [0.1, 0.15) is 56.7 Å². The summed E-state index contributed by atoms with van der Waals surface area (Å²) in [4.78, 5) is 14.3. The average Bonchev–Trinajstić information content (AvgIpc) is 3.34. The van der Waals surface area contributed by atoms with E-state index in [4.69, 9.17) is 9.97 Å². The van der Waals surface area contributed by atoms with E-state index in [0.717, 1.165) is 42.3 Å². The zero-order valence-corrected chi connectivity index (χ0v) is 22.7. The van der Waals surface area contributed by atoms with Crippen molar-refractivity contribution in [3.05, 3.63) is 70.5 Å². The van der Waals surface area contributed by atoms with Crippen molar-refractivity contribution in [2.75, 3.05) is 10.6 Å². The number of halogens is 1. The summed E-state index contributed by atoms with van der Waals surface area (Å²) in [6.07, 6.45) is 6.10. The van der Waals surface area contributed by atoms with Crippen LogP contribution in [0.4, 0.5) is 17.5 Å².